The second-order valence-electron chi connectivity index (χ2n) is 6.78. The number of hydrogen-bond acceptors (Lipinski definition) is 6. The molecule has 0 unspecified atom stereocenters. The second-order valence-corrected chi connectivity index (χ2v) is 7.56. The van der Waals surface area contributed by atoms with Crippen LogP contribution in [0.1, 0.15) is 31.2 Å². The lowest BCUT2D eigenvalue weighted by atomic mass is 9.93. The Morgan fingerprint density at radius 2 is 2.04 bits per heavy atom. The van der Waals surface area contributed by atoms with Crippen molar-refractivity contribution in [1.29, 1.82) is 0 Å². The quantitative estimate of drug-likeness (QED) is 0.749. The minimum absolute atomic E-state index is 0.278. The van der Waals surface area contributed by atoms with Crippen LogP contribution in [-0.4, -0.2) is 50.7 Å². The van der Waals surface area contributed by atoms with E-state index in [9.17, 15) is 5.11 Å². The van der Waals surface area contributed by atoms with Crippen LogP contribution in [-0.2, 0) is 20.0 Å². The molecule has 0 spiro atoms. The first-order valence-corrected chi connectivity index (χ1v) is 10.4. The molecular weight excluding hydrogens is 348 g/mol. The van der Waals surface area contributed by atoms with Gasteiger partial charge in [0.05, 0.1) is 6.61 Å². The highest BCUT2D eigenvalue weighted by atomic mass is 32.2. The van der Waals surface area contributed by atoms with E-state index in [0.717, 1.165) is 55.4 Å². The number of para-hydroxylation sites is 1. The Kier molecular flexibility index (Phi) is 6.43. The largest absolute Gasteiger partial charge is 0.504 e. The highest BCUT2D eigenvalue weighted by molar-refractivity contribution is 7.98. The zero-order valence-electron chi connectivity index (χ0n) is 15.8. The summed E-state index contributed by atoms with van der Waals surface area (Å²) in [7, 11) is 2.05. The third-order valence-electron chi connectivity index (χ3n) is 5.06. The molecule has 1 saturated heterocycles. The number of thioether (sulfide) groups is 1. The number of benzene rings is 1. The lowest BCUT2D eigenvalue weighted by Crippen LogP contribution is -2.34. The van der Waals surface area contributed by atoms with E-state index in [1.54, 1.807) is 11.8 Å². The van der Waals surface area contributed by atoms with Gasteiger partial charge in [0.25, 0.3) is 0 Å². The molecule has 1 fully saturated rings. The zero-order chi connectivity index (χ0) is 18.5. The Balaban J connectivity index is 1.54. The molecule has 1 aromatic heterocycles. The van der Waals surface area contributed by atoms with Crippen LogP contribution in [0.2, 0.25) is 0 Å². The fraction of sp³-hybridized carbons (Fsp3) is 0.579. The van der Waals surface area contributed by atoms with Crippen molar-refractivity contribution in [2.24, 2.45) is 13.0 Å². The van der Waals surface area contributed by atoms with E-state index in [4.69, 9.17) is 4.74 Å². The number of rotatable bonds is 7. The molecule has 1 aliphatic rings. The molecule has 0 saturated carbocycles. The maximum absolute atomic E-state index is 10.4. The molecule has 7 heteroatoms. The summed E-state index contributed by atoms with van der Waals surface area (Å²) in [5, 5.41) is 19.9. The maximum Gasteiger partial charge on any atom is 0.190 e. The maximum atomic E-state index is 10.4. The fourth-order valence-electron chi connectivity index (χ4n) is 3.52. The molecule has 1 aliphatic heterocycles. The molecule has 0 radical (unpaired) electrons. The van der Waals surface area contributed by atoms with Crippen molar-refractivity contribution in [3.8, 4) is 11.5 Å². The zero-order valence-corrected chi connectivity index (χ0v) is 16.6. The molecule has 3 rings (SSSR count). The van der Waals surface area contributed by atoms with Crippen molar-refractivity contribution in [3.63, 3.8) is 0 Å². The van der Waals surface area contributed by atoms with Gasteiger partial charge in [-0.25, -0.2) is 0 Å². The van der Waals surface area contributed by atoms with Crippen LogP contribution in [0.15, 0.2) is 23.4 Å². The number of ether oxygens (including phenoxy) is 1. The summed E-state index contributed by atoms with van der Waals surface area (Å²) in [6, 6.07) is 5.75. The van der Waals surface area contributed by atoms with Gasteiger partial charge in [0.1, 0.15) is 5.82 Å². The number of nitrogens with zero attached hydrogens (tertiary/aromatic N) is 4. The van der Waals surface area contributed by atoms with Crippen LogP contribution in [0.25, 0.3) is 0 Å². The molecular formula is C19H28N4O2S. The van der Waals surface area contributed by atoms with E-state index in [0.29, 0.717) is 18.3 Å². The summed E-state index contributed by atoms with van der Waals surface area (Å²) in [6.07, 6.45) is 5.31. The topological polar surface area (TPSA) is 63.4 Å². The Hall–Kier alpha value is -1.73. The third-order valence-corrected chi connectivity index (χ3v) is 5.78. The van der Waals surface area contributed by atoms with Crippen LogP contribution in [0.3, 0.4) is 0 Å². The first-order chi connectivity index (χ1) is 12.6. The van der Waals surface area contributed by atoms with Gasteiger partial charge in [-0.3, -0.25) is 4.90 Å². The summed E-state index contributed by atoms with van der Waals surface area (Å²) >= 11 is 1.63. The van der Waals surface area contributed by atoms with Gasteiger partial charge in [0, 0.05) is 25.6 Å². The Bertz CT molecular complexity index is 726. The fourth-order valence-corrected chi connectivity index (χ4v) is 4.02. The van der Waals surface area contributed by atoms with Gasteiger partial charge in [0.2, 0.25) is 0 Å². The summed E-state index contributed by atoms with van der Waals surface area (Å²) < 4.78 is 7.59. The van der Waals surface area contributed by atoms with Crippen molar-refractivity contribution >= 4 is 11.8 Å². The standard InChI is InChI=1S/C19H28N4O2S/c1-4-25-16-7-5-6-15(18(16)24)13-23-10-8-14(9-11-23)12-17-20-21-19(26-3)22(17)2/h5-7,14,24H,4,8-13H2,1-3H3. The number of aromatic hydroxyl groups is 1. The SMILES string of the molecule is CCOc1cccc(CN2CCC(Cc3nnc(SC)n3C)CC2)c1O. The predicted molar refractivity (Wildman–Crippen MR) is 104 cm³/mol. The van der Waals surface area contributed by atoms with Crippen molar-refractivity contribution in [2.45, 2.75) is 37.9 Å². The highest BCUT2D eigenvalue weighted by Crippen LogP contribution is 2.32. The smallest absolute Gasteiger partial charge is 0.190 e. The summed E-state index contributed by atoms with van der Waals surface area (Å²) in [5.41, 5.74) is 0.937. The van der Waals surface area contributed by atoms with E-state index >= 15 is 0 Å². The number of hydrogen-bond donors (Lipinski definition) is 1. The average molecular weight is 377 g/mol. The van der Waals surface area contributed by atoms with Gasteiger partial charge >= 0.3 is 0 Å². The van der Waals surface area contributed by atoms with Crippen molar-refractivity contribution < 1.29 is 9.84 Å². The molecule has 2 aromatic rings. The molecule has 2 heterocycles. The first kappa shape index (κ1) is 19.0. The van der Waals surface area contributed by atoms with Gasteiger partial charge in [0.15, 0.2) is 16.7 Å². The molecule has 26 heavy (non-hydrogen) atoms. The van der Waals surface area contributed by atoms with Gasteiger partial charge in [-0.05, 0) is 51.1 Å². The molecule has 0 bridgehead atoms. The molecule has 0 atom stereocenters. The summed E-state index contributed by atoms with van der Waals surface area (Å²) in [4.78, 5) is 2.41. The Morgan fingerprint density at radius 3 is 2.69 bits per heavy atom. The lowest BCUT2D eigenvalue weighted by Gasteiger charge is -2.32. The monoisotopic (exact) mass is 376 g/mol. The molecule has 1 aromatic carbocycles. The Labute approximate surface area is 159 Å². The molecule has 6 nitrogen and oxygen atoms in total. The number of phenols is 1. The number of piperidine rings is 1. The number of aromatic nitrogens is 3. The van der Waals surface area contributed by atoms with Crippen LogP contribution < -0.4 is 4.74 Å². The predicted octanol–water partition coefficient (Wildman–Crippen LogP) is 3.10. The second kappa shape index (κ2) is 8.77. The molecule has 142 valence electrons. The highest BCUT2D eigenvalue weighted by Gasteiger charge is 2.22. The average Bonchev–Trinajstić information content (AvgIpc) is 3.00. The molecule has 0 aliphatic carbocycles. The minimum Gasteiger partial charge on any atom is -0.504 e. The normalized spacial score (nSPS) is 16.1. The molecule has 0 amide bonds. The van der Waals surface area contributed by atoms with E-state index in [2.05, 4.69) is 19.7 Å². The lowest BCUT2D eigenvalue weighted by molar-refractivity contribution is 0.173. The number of phenolic OH excluding ortho intramolecular Hbond substituents is 1. The van der Waals surface area contributed by atoms with Crippen LogP contribution in [0.4, 0.5) is 0 Å². The first-order valence-electron chi connectivity index (χ1n) is 9.20. The van der Waals surface area contributed by atoms with E-state index in [1.165, 1.54) is 0 Å². The number of likely N-dealkylation sites (tertiary alicyclic amines) is 1. The van der Waals surface area contributed by atoms with Gasteiger partial charge in [-0.1, -0.05) is 23.9 Å². The van der Waals surface area contributed by atoms with E-state index in [1.807, 2.05) is 38.4 Å². The summed E-state index contributed by atoms with van der Waals surface area (Å²) in [6.45, 7) is 5.32. The Morgan fingerprint density at radius 1 is 1.27 bits per heavy atom. The van der Waals surface area contributed by atoms with E-state index < -0.39 is 0 Å². The van der Waals surface area contributed by atoms with Crippen molar-refractivity contribution in [3.05, 3.63) is 29.6 Å². The van der Waals surface area contributed by atoms with Crippen LogP contribution in [0, 0.1) is 5.92 Å². The van der Waals surface area contributed by atoms with Crippen LogP contribution >= 0.6 is 11.8 Å². The van der Waals surface area contributed by atoms with E-state index in [-0.39, 0.29) is 5.75 Å². The minimum atomic E-state index is 0.278. The van der Waals surface area contributed by atoms with Gasteiger partial charge in [-0.15, -0.1) is 10.2 Å². The van der Waals surface area contributed by atoms with Crippen LogP contribution in [0.5, 0.6) is 11.5 Å². The van der Waals surface area contributed by atoms with Gasteiger partial charge in [-0.2, -0.15) is 0 Å². The van der Waals surface area contributed by atoms with Gasteiger partial charge < -0.3 is 14.4 Å². The van der Waals surface area contributed by atoms with Crippen molar-refractivity contribution in [1.82, 2.24) is 19.7 Å². The molecule has 1 N–H and O–H groups in total. The van der Waals surface area contributed by atoms with Crippen molar-refractivity contribution in [2.75, 3.05) is 26.0 Å². The third kappa shape index (κ3) is 4.32. The summed E-state index contributed by atoms with van der Waals surface area (Å²) in [5.74, 6) is 2.58.